The van der Waals surface area contributed by atoms with E-state index >= 15 is 0 Å². The van der Waals surface area contributed by atoms with E-state index in [-0.39, 0.29) is 6.04 Å². The van der Waals surface area contributed by atoms with Crippen LogP contribution in [0.3, 0.4) is 0 Å². The van der Waals surface area contributed by atoms with Gasteiger partial charge in [-0.3, -0.25) is 0 Å². The zero-order valence-corrected chi connectivity index (χ0v) is 16.3. The number of nitrogens with zero attached hydrogens (tertiary/aromatic N) is 1. The van der Waals surface area contributed by atoms with Crippen molar-refractivity contribution >= 4 is 22.7 Å². The van der Waals surface area contributed by atoms with E-state index in [0.717, 1.165) is 35.9 Å². The maximum absolute atomic E-state index is 5.48. The van der Waals surface area contributed by atoms with Crippen LogP contribution >= 0.6 is 22.7 Å². The van der Waals surface area contributed by atoms with Gasteiger partial charge in [-0.2, -0.15) is 11.3 Å². The lowest BCUT2D eigenvalue weighted by atomic mass is 10.00. The summed E-state index contributed by atoms with van der Waals surface area (Å²) < 4.78 is 10.9. The summed E-state index contributed by atoms with van der Waals surface area (Å²) in [5.41, 5.74) is 2.65. The molecule has 2 aromatic heterocycles. The summed E-state index contributed by atoms with van der Waals surface area (Å²) in [4.78, 5) is 4.53. The molecule has 0 spiro atoms. The first-order valence-corrected chi connectivity index (χ1v) is 10.6. The van der Waals surface area contributed by atoms with Crippen LogP contribution in [-0.4, -0.2) is 18.3 Å². The number of thiophene rings is 1. The molecule has 4 rings (SSSR count). The first-order chi connectivity index (χ1) is 12.8. The first kappa shape index (κ1) is 17.5. The molecule has 1 aliphatic heterocycles. The molecule has 4 nitrogen and oxygen atoms in total. The molecule has 0 saturated heterocycles. The zero-order chi connectivity index (χ0) is 17.8. The molecule has 6 heteroatoms. The van der Waals surface area contributed by atoms with E-state index in [4.69, 9.17) is 9.47 Å². The highest BCUT2D eigenvalue weighted by Crippen LogP contribution is 2.33. The SMILES string of the molecule is C[C@@H](CN[C@@H](Cc1ccsc1)c1nccs1)Cc1ccc2c(c1)OCO2. The second-order valence-corrected chi connectivity index (χ2v) is 8.37. The predicted molar refractivity (Wildman–Crippen MR) is 106 cm³/mol. The summed E-state index contributed by atoms with van der Waals surface area (Å²) in [5, 5.41) is 11.3. The molecule has 3 aromatic rings. The summed E-state index contributed by atoms with van der Waals surface area (Å²) in [6.07, 6.45) is 3.87. The fraction of sp³-hybridized carbons (Fsp3) is 0.350. The number of thiazole rings is 1. The van der Waals surface area contributed by atoms with Gasteiger partial charge in [-0.05, 0) is 65.4 Å². The van der Waals surface area contributed by atoms with E-state index in [1.165, 1.54) is 11.1 Å². The van der Waals surface area contributed by atoms with Crippen LogP contribution < -0.4 is 14.8 Å². The van der Waals surface area contributed by atoms with Gasteiger partial charge in [0.25, 0.3) is 0 Å². The van der Waals surface area contributed by atoms with E-state index in [0.29, 0.717) is 12.7 Å². The van der Waals surface area contributed by atoms with Gasteiger partial charge in [-0.1, -0.05) is 13.0 Å². The average molecular weight is 387 g/mol. The molecule has 1 aromatic carbocycles. The highest BCUT2D eigenvalue weighted by molar-refractivity contribution is 7.09. The molecule has 0 unspecified atom stereocenters. The molecule has 3 heterocycles. The first-order valence-electron chi connectivity index (χ1n) is 8.80. The summed E-state index contributed by atoms with van der Waals surface area (Å²) >= 11 is 3.47. The molecule has 2 atom stereocenters. The fourth-order valence-corrected chi connectivity index (χ4v) is 4.58. The van der Waals surface area contributed by atoms with Crippen molar-refractivity contribution in [2.45, 2.75) is 25.8 Å². The van der Waals surface area contributed by atoms with Gasteiger partial charge in [-0.15, -0.1) is 11.3 Å². The van der Waals surface area contributed by atoms with Crippen LogP contribution in [0.25, 0.3) is 0 Å². The van der Waals surface area contributed by atoms with Crippen molar-refractivity contribution in [3.8, 4) is 11.5 Å². The van der Waals surface area contributed by atoms with Crippen molar-refractivity contribution in [1.82, 2.24) is 10.3 Å². The monoisotopic (exact) mass is 386 g/mol. The van der Waals surface area contributed by atoms with Crippen LogP contribution in [0.5, 0.6) is 11.5 Å². The number of rotatable bonds is 8. The van der Waals surface area contributed by atoms with Crippen molar-refractivity contribution in [2.75, 3.05) is 13.3 Å². The number of fused-ring (bicyclic) bond motifs is 1. The van der Waals surface area contributed by atoms with Crippen LogP contribution in [0.15, 0.2) is 46.6 Å². The lowest BCUT2D eigenvalue weighted by Crippen LogP contribution is -2.28. The van der Waals surface area contributed by atoms with Gasteiger partial charge in [0.2, 0.25) is 6.79 Å². The molecule has 0 saturated carbocycles. The van der Waals surface area contributed by atoms with Gasteiger partial charge in [0.15, 0.2) is 11.5 Å². The Hall–Kier alpha value is -1.89. The second-order valence-electron chi connectivity index (χ2n) is 6.66. The van der Waals surface area contributed by atoms with Gasteiger partial charge in [0, 0.05) is 11.6 Å². The van der Waals surface area contributed by atoms with Gasteiger partial charge in [-0.25, -0.2) is 4.98 Å². The third kappa shape index (κ3) is 4.26. The summed E-state index contributed by atoms with van der Waals surface area (Å²) in [6.45, 7) is 3.55. The Morgan fingerprint density at radius 1 is 1.12 bits per heavy atom. The summed E-state index contributed by atoms with van der Waals surface area (Å²) in [6, 6.07) is 8.70. The van der Waals surface area contributed by atoms with Crippen LogP contribution in [-0.2, 0) is 12.8 Å². The van der Waals surface area contributed by atoms with Gasteiger partial charge < -0.3 is 14.8 Å². The Kier molecular flexibility index (Phi) is 5.53. The Balaban J connectivity index is 1.36. The van der Waals surface area contributed by atoms with Crippen LogP contribution in [0.2, 0.25) is 0 Å². The van der Waals surface area contributed by atoms with Crippen molar-refractivity contribution < 1.29 is 9.47 Å². The number of hydrogen-bond acceptors (Lipinski definition) is 6. The Morgan fingerprint density at radius 3 is 2.85 bits per heavy atom. The standard InChI is InChI=1S/C20H22N2O2S2/c1-14(8-15-2-3-18-19(10-15)24-13-23-18)11-22-17(20-21-5-7-26-20)9-16-4-6-25-12-16/h2-7,10,12,14,17,22H,8-9,11,13H2,1H3/t14-,17+/m1/s1. The van der Waals surface area contributed by atoms with Crippen LogP contribution in [0.1, 0.15) is 29.1 Å². The molecule has 0 aliphatic carbocycles. The maximum Gasteiger partial charge on any atom is 0.231 e. The number of ether oxygens (including phenoxy) is 2. The lowest BCUT2D eigenvalue weighted by Gasteiger charge is -2.19. The van der Waals surface area contributed by atoms with E-state index in [1.54, 1.807) is 22.7 Å². The maximum atomic E-state index is 5.48. The van der Waals surface area contributed by atoms with Gasteiger partial charge in [0.05, 0.1) is 6.04 Å². The Labute approximate surface area is 161 Å². The molecule has 0 bridgehead atoms. The number of aromatic nitrogens is 1. The molecule has 1 aliphatic rings. The van der Waals surface area contributed by atoms with Crippen LogP contribution in [0, 0.1) is 5.92 Å². The topological polar surface area (TPSA) is 43.4 Å². The summed E-state index contributed by atoms with van der Waals surface area (Å²) in [7, 11) is 0. The Morgan fingerprint density at radius 2 is 2.04 bits per heavy atom. The average Bonchev–Trinajstić information content (AvgIpc) is 3.40. The minimum atomic E-state index is 0.267. The molecular formula is C20H22N2O2S2. The number of benzene rings is 1. The molecule has 0 amide bonds. The lowest BCUT2D eigenvalue weighted by molar-refractivity contribution is 0.174. The van der Waals surface area contributed by atoms with E-state index in [2.05, 4.69) is 46.2 Å². The molecule has 0 fully saturated rings. The minimum Gasteiger partial charge on any atom is -0.454 e. The van der Waals surface area contributed by atoms with Crippen molar-refractivity contribution in [3.05, 3.63) is 62.7 Å². The van der Waals surface area contributed by atoms with Crippen LogP contribution in [0.4, 0.5) is 0 Å². The quantitative estimate of drug-likeness (QED) is 0.610. The normalized spacial score (nSPS) is 15.1. The van der Waals surface area contributed by atoms with Crippen molar-refractivity contribution in [2.24, 2.45) is 5.92 Å². The predicted octanol–water partition coefficient (Wildman–Crippen LogP) is 4.69. The van der Waals surface area contributed by atoms with Crippen molar-refractivity contribution in [3.63, 3.8) is 0 Å². The molecule has 1 N–H and O–H groups in total. The van der Waals surface area contributed by atoms with Crippen molar-refractivity contribution in [1.29, 1.82) is 0 Å². The fourth-order valence-electron chi connectivity index (χ4n) is 3.18. The second kappa shape index (κ2) is 8.20. The summed E-state index contributed by atoms with van der Waals surface area (Å²) in [5.74, 6) is 2.22. The minimum absolute atomic E-state index is 0.267. The highest BCUT2D eigenvalue weighted by atomic mass is 32.1. The Bertz CT molecular complexity index is 818. The molecule has 26 heavy (non-hydrogen) atoms. The third-order valence-electron chi connectivity index (χ3n) is 4.50. The molecular weight excluding hydrogens is 364 g/mol. The molecule has 136 valence electrons. The van der Waals surface area contributed by atoms with Gasteiger partial charge in [0.1, 0.15) is 5.01 Å². The largest absolute Gasteiger partial charge is 0.454 e. The van der Waals surface area contributed by atoms with E-state index < -0.39 is 0 Å². The number of nitrogens with one attached hydrogen (secondary N) is 1. The molecule has 0 radical (unpaired) electrons. The smallest absolute Gasteiger partial charge is 0.231 e. The van der Waals surface area contributed by atoms with E-state index in [1.807, 2.05) is 17.6 Å². The number of hydrogen-bond donors (Lipinski definition) is 1. The zero-order valence-electron chi connectivity index (χ0n) is 14.7. The van der Waals surface area contributed by atoms with Gasteiger partial charge >= 0.3 is 0 Å². The highest BCUT2D eigenvalue weighted by Gasteiger charge is 2.17. The third-order valence-corrected chi connectivity index (χ3v) is 6.12. The van der Waals surface area contributed by atoms with E-state index in [9.17, 15) is 0 Å².